The fourth-order valence-corrected chi connectivity index (χ4v) is 2.76. The Morgan fingerprint density at radius 3 is 2.84 bits per heavy atom. The van der Waals surface area contributed by atoms with Crippen molar-refractivity contribution in [2.45, 2.75) is 25.5 Å². The summed E-state index contributed by atoms with van der Waals surface area (Å²) in [4.78, 5) is 15.8. The molecule has 5 nitrogen and oxygen atoms in total. The van der Waals surface area contributed by atoms with Crippen LogP contribution in [0, 0.1) is 11.6 Å². The first-order valence-corrected chi connectivity index (χ1v) is 8.04. The van der Waals surface area contributed by atoms with Crippen LogP contribution in [0.3, 0.4) is 0 Å². The Bertz CT molecular complexity index is 752. The van der Waals surface area contributed by atoms with E-state index >= 15 is 0 Å². The quantitative estimate of drug-likeness (QED) is 0.839. The zero-order valence-corrected chi connectivity index (χ0v) is 13.7. The molecule has 1 aliphatic heterocycles. The van der Waals surface area contributed by atoms with Gasteiger partial charge in [-0.2, -0.15) is 0 Å². The average molecular weight is 348 g/mol. The largest absolute Gasteiger partial charge is 0.462 e. The van der Waals surface area contributed by atoms with E-state index in [2.05, 4.69) is 10.3 Å². The maximum atomic E-state index is 13.5. The van der Waals surface area contributed by atoms with Gasteiger partial charge in [-0.15, -0.1) is 0 Å². The smallest absolute Gasteiger partial charge is 0.339 e. The molecule has 0 saturated carbocycles. The second kappa shape index (κ2) is 7.57. The second-order valence-corrected chi connectivity index (χ2v) is 5.66. The van der Waals surface area contributed by atoms with Crippen molar-refractivity contribution in [2.75, 3.05) is 18.5 Å². The van der Waals surface area contributed by atoms with E-state index in [9.17, 15) is 13.6 Å². The molecule has 1 saturated heterocycles. The lowest BCUT2D eigenvalue weighted by atomic mass is 10.0. The number of esters is 1. The SMILES string of the molecule is CCOC(=O)c1ccc(NC2CCOC2c2ccc(F)c(F)c2)nc1. The van der Waals surface area contributed by atoms with Gasteiger partial charge in [0.25, 0.3) is 0 Å². The van der Waals surface area contributed by atoms with Crippen LogP contribution < -0.4 is 5.32 Å². The van der Waals surface area contributed by atoms with Crippen molar-refractivity contribution in [2.24, 2.45) is 0 Å². The summed E-state index contributed by atoms with van der Waals surface area (Å²) in [5, 5.41) is 3.22. The molecule has 0 bridgehead atoms. The standard InChI is InChI=1S/C18H18F2N2O3/c1-2-24-18(23)12-4-6-16(21-10-12)22-15-7-8-25-17(15)11-3-5-13(19)14(20)9-11/h3-6,9-10,15,17H,2,7-8H2,1H3,(H,21,22). The minimum Gasteiger partial charge on any atom is -0.462 e. The fraction of sp³-hybridized carbons (Fsp3) is 0.333. The van der Waals surface area contributed by atoms with Crippen molar-refractivity contribution in [3.63, 3.8) is 0 Å². The van der Waals surface area contributed by atoms with E-state index in [1.54, 1.807) is 19.1 Å². The highest BCUT2D eigenvalue weighted by Gasteiger charge is 2.30. The van der Waals surface area contributed by atoms with Gasteiger partial charge in [-0.3, -0.25) is 0 Å². The molecule has 0 spiro atoms. The number of hydrogen-bond donors (Lipinski definition) is 1. The van der Waals surface area contributed by atoms with E-state index in [1.807, 2.05) is 0 Å². The highest BCUT2D eigenvalue weighted by atomic mass is 19.2. The maximum absolute atomic E-state index is 13.5. The van der Waals surface area contributed by atoms with Crippen molar-refractivity contribution in [3.8, 4) is 0 Å². The zero-order valence-electron chi connectivity index (χ0n) is 13.7. The highest BCUT2D eigenvalue weighted by molar-refractivity contribution is 5.89. The van der Waals surface area contributed by atoms with Crippen molar-refractivity contribution in [3.05, 3.63) is 59.3 Å². The second-order valence-electron chi connectivity index (χ2n) is 5.66. The topological polar surface area (TPSA) is 60.5 Å². The van der Waals surface area contributed by atoms with E-state index in [1.165, 1.54) is 12.3 Å². The van der Waals surface area contributed by atoms with Crippen LogP contribution >= 0.6 is 0 Å². The number of carbonyl (C=O) groups excluding carboxylic acids is 1. The minimum absolute atomic E-state index is 0.134. The van der Waals surface area contributed by atoms with Crippen LogP contribution in [0.15, 0.2) is 36.5 Å². The lowest BCUT2D eigenvalue weighted by Crippen LogP contribution is -2.24. The molecule has 3 rings (SSSR count). The molecule has 1 aromatic heterocycles. The van der Waals surface area contributed by atoms with Gasteiger partial charge in [-0.25, -0.2) is 18.6 Å². The predicted octanol–water partition coefficient (Wildman–Crippen LogP) is 3.48. The van der Waals surface area contributed by atoms with Gasteiger partial charge in [-0.05, 0) is 43.2 Å². The first kappa shape index (κ1) is 17.3. The number of carbonyl (C=O) groups is 1. The first-order valence-electron chi connectivity index (χ1n) is 8.04. The molecule has 1 fully saturated rings. The van der Waals surface area contributed by atoms with Crippen LogP contribution in [-0.2, 0) is 9.47 Å². The van der Waals surface area contributed by atoms with E-state index in [0.29, 0.717) is 36.6 Å². The Morgan fingerprint density at radius 2 is 2.16 bits per heavy atom. The Hall–Kier alpha value is -2.54. The molecule has 2 heterocycles. The van der Waals surface area contributed by atoms with Gasteiger partial charge < -0.3 is 14.8 Å². The zero-order chi connectivity index (χ0) is 17.8. The number of benzene rings is 1. The van der Waals surface area contributed by atoms with Crippen molar-refractivity contribution < 1.29 is 23.0 Å². The van der Waals surface area contributed by atoms with Gasteiger partial charge >= 0.3 is 5.97 Å². The predicted molar refractivity (Wildman–Crippen MR) is 87.3 cm³/mol. The van der Waals surface area contributed by atoms with Gasteiger partial charge in [0.05, 0.1) is 18.2 Å². The van der Waals surface area contributed by atoms with Crippen molar-refractivity contribution in [1.29, 1.82) is 0 Å². The summed E-state index contributed by atoms with van der Waals surface area (Å²) in [6.45, 7) is 2.54. The Morgan fingerprint density at radius 1 is 1.32 bits per heavy atom. The minimum atomic E-state index is -0.899. The molecule has 132 valence electrons. The number of rotatable bonds is 5. The molecular formula is C18H18F2N2O3. The van der Waals surface area contributed by atoms with Gasteiger partial charge in [0.2, 0.25) is 0 Å². The molecule has 2 aromatic rings. The van der Waals surface area contributed by atoms with E-state index in [4.69, 9.17) is 9.47 Å². The number of hydrogen-bond acceptors (Lipinski definition) is 5. The third-order valence-corrected chi connectivity index (χ3v) is 3.97. The molecule has 1 N–H and O–H groups in total. The molecule has 1 aliphatic rings. The molecule has 0 radical (unpaired) electrons. The van der Waals surface area contributed by atoms with Crippen LogP contribution in [0.1, 0.15) is 35.4 Å². The first-order chi connectivity index (χ1) is 12.1. The lowest BCUT2D eigenvalue weighted by molar-refractivity contribution is 0.0526. The van der Waals surface area contributed by atoms with Gasteiger partial charge in [-0.1, -0.05) is 6.07 Å². The van der Waals surface area contributed by atoms with Gasteiger partial charge in [0.1, 0.15) is 11.9 Å². The summed E-state index contributed by atoms with van der Waals surface area (Å²) in [6.07, 6.45) is 1.73. The summed E-state index contributed by atoms with van der Waals surface area (Å²) in [5.41, 5.74) is 0.935. The molecule has 7 heteroatoms. The monoisotopic (exact) mass is 348 g/mol. The lowest BCUT2D eigenvalue weighted by Gasteiger charge is -2.21. The molecule has 2 unspecified atom stereocenters. The molecular weight excluding hydrogens is 330 g/mol. The van der Waals surface area contributed by atoms with Crippen LogP contribution in [0.4, 0.5) is 14.6 Å². The highest BCUT2D eigenvalue weighted by Crippen LogP contribution is 2.31. The average Bonchev–Trinajstić information content (AvgIpc) is 3.06. The third kappa shape index (κ3) is 3.93. The fourth-order valence-electron chi connectivity index (χ4n) is 2.76. The van der Waals surface area contributed by atoms with Crippen LogP contribution in [-0.4, -0.2) is 30.2 Å². The summed E-state index contributed by atoms with van der Waals surface area (Å²) in [7, 11) is 0. The van der Waals surface area contributed by atoms with Gasteiger partial charge in [0.15, 0.2) is 11.6 Å². The van der Waals surface area contributed by atoms with Gasteiger partial charge in [0, 0.05) is 12.8 Å². The summed E-state index contributed by atoms with van der Waals surface area (Å²) >= 11 is 0. The van der Waals surface area contributed by atoms with Crippen LogP contribution in [0.5, 0.6) is 0 Å². The van der Waals surface area contributed by atoms with E-state index in [0.717, 1.165) is 12.1 Å². The molecule has 1 aromatic carbocycles. The molecule has 2 atom stereocenters. The van der Waals surface area contributed by atoms with Crippen LogP contribution in [0.2, 0.25) is 0 Å². The van der Waals surface area contributed by atoms with E-state index < -0.39 is 23.7 Å². The number of nitrogens with one attached hydrogen (secondary N) is 1. The summed E-state index contributed by atoms with van der Waals surface area (Å²) in [5.74, 6) is -1.65. The number of pyridine rings is 1. The molecule has 25 heavy (non-hydrogen) atoms. The summed E-state index contributed by atoms with van der Waals surface area (Å²) in [6, 6.07) is 6.92. The number of aromatic nitrogens is 1. The van der Waals surface area contributed by atoms with Crippen molar-refractivity contribution in [1.82, 2.24) is 4.98 Å². The van der Waals surface area contributed by atoms with Crippen LogP contribution in [0.25, 0.3) is 0 Å². The normalized spacial score (nSPS) is 19.6. The molecule has 0 amide bonds. The van der Waals surface area contributed by atoms with E-state index in [-0.39, 0.29) is 6.04 Å². The number of nitrogens with zero attached hydrogens (tertiary/aromatic N) is 1. The molecule has 0 aliphatic carbocycles. The number of ether oxygens (including phenoxy) is 2. The Labute approximate surface area is 144 Å². The third-order valence-electron chi connectivity index (χ3n) is 3.97. The maximum Gasteiger partial charge on any atom is 0.339 e. The summed E-state index contributed by atoms with van der Waals surface area (Å²) < 4.78 is 37.1. The Kier molecular flexibility index (Phi) is 5.23. The number of anilines is 1. The number of halogens is 2. The Balaban J connectivity index is 1.71. The van der Waals surface area contributed by atoms with Crippen molar-refractivity contribution >= 4 is 11.8 Å².